The number of hydrogen-bond donors (Lipinski definition) is 2. The highest BCUT2D eigenvalue weighted by Gasteiger charge is 1.80. The Balaban J connectivity index is 0.000000292. The van der Waals surface area contributed by atoms with Crippen LogP contribution in [0.4, 0.5) is 11.4 Å². The van der Waals surface area contributed by atoms with Crippen LogP contribution in [0.1, 0.15) is 0 Å². The Labute approximate surface area is 69.9 Å². The summed E-state index contributed by atoms with van der Waals surface area (Å²) >= 11 is 4.32. The zero-order valence-electron chi connectivity index (χ0n) is 5.83. The summed E-state index contributed by atoms with van der Waals surface area (Å²) < 4.78 is 0. The molecule has 60 valence electrons. The summed E-state index contributed by atoms with van der Waals surface area (Å²) in [6.07, 6.45) is 0. The van der Waals surface area contributed by atoms with Crippen LogP contribution in [0.15, 0.2) is 24.3 Å². The van der Waals surface area contributed by atoms with E-state index in [-0.39, 0.29) is 5.75 Å². The van der Waals surface area contributed by atoms with Gasteiger partial charge in [0.05, 0.1) is 0 Å². The highest BCUT2D eigenvalue weighted by Crippen LogP contribution is 2.04. The van der Waals surface area contributed by atoms with E-state index in [9.17, 15) is 0 Å². The van der Waals surface area contributed by atoms with Crippen molar-refractivity contribution in [2.45, 2.75) is 0 Å². The minimum Gasteiger partial charge on any atom is -0.399 e. The number of nitrogens with two attached hydrogens (primary N) is 2. The molecule has 4 N–H and O–H groups in total. The summed E-state index contributed by atoms with van der Waals surface area (Å²) in [6, 6.07) is 7.09. The van der Waals surface area contributed by atoms with Crippen LogP contribution >= 0.6 is 11.6 Å². The third kappa shape index (κ3) is 5.24. The van der Waals surface area contributed by atoms with Gasteiger partial charge in [-0.2, -0.15) is 0 Å². The standard InChI is InChI=1S/C6H8N2.CHClO/c7-5-1-2-6(8)4-3-5;2-1-3/h1-4H,7-8H2;1H. The van der Waals surface area contributed by atoms with E-state index in [1.165, 1.54) is 0 Å². The molecule has 0 aliphatic carbocycles. The van der Waals surface area contributed by atoms with Gasteiger partial charge in [-0.1, -0.05) is 0 Å². The van der Waals surface area contributed by atoms with Crippen LogP contribution in [0.25, 0.3) is 0 Å². The first-order valence-electron chi connectivity index (χ1n) is 2.85. The molecule has 3 nitrogen and oxygen atoms in total. The van der Waals surface area contributed by atoms with Crippen molar-refractivity contribution in [1.29, 1.82) is 0 Å². The molecule has 0 saturated carbocycles. The van der Waals surface area contributed by atoms with E-state index >= 15 is 0 Å². The van der Waals surface area contributed by atoms with Crippen LogP contribution in [0, 0.1) is 0 Å². The quantitative estimate of drug-likeness (QED) is 0.352. The molecule has 1 aromatic carbocycles. The first kappa shape index (κ1) is 9.78. The van der Waals surface area contributed by atoms with Crippen molar-refractivity contribution in [3.8, 4) is 0 Å². The Hall–Kier alpha value is -1.22. The van der Waals surface area contributed by atoms with Crippen molar-refractivity contribution >= 4 is 28.7 Å². The van der Waals surface area contributed by atoms with E-state index in [0.717, 1.165) is 11.4 Å². The van der Waals surface area contributed by atoms with Gasteiger partial charge in [0.25, 0.3) is 0 Å². The molecule has 0 unspecified atom stereocenters. The maximum atomic E-state index is 8.57. The van der Waals surface area contributed by atoms with Crippen molar-refractivity contribution in [2.75, 3.05) is 11.5 Å². The zero-order chi connectivity index (χ0) is 8.69. The Morgan fingerprint density at radius 2 is 1.27 bits per heavy atom. The maximum Gasteiger partial charge on any atom is 0.208 e. The Kier molecular flexibility index (Phi) is 4.94. The molecule has 0 aliphatic rings. The van der Waals surface area contributed by atoms with E-state index in [1.807, 2.05) is 0 Å². The summed E-state index contributed by atoms with van der Waals surface area (Å²) in [4.78, 5) is 8.57. The lowest BCUT2D eigenvalue weighted by molar-refractivity contribution is 0.569. The van der Waals surface area contributed by atoms with Gasteiger partial charge >= 0.3 is 0 Å². The number of hydrogen-bond acceptors (Lipinski definition) is 3. The maximum absolute atomic E-state index is 8.57. The average Bonchev–Trinajstić information content (AvgIpc) is 1.97. The molecule has 0 aliphatic heterocycles. The van der Waals surface area contributed by atoms with Gasteiger partial charge in [0.15, 0.2) is 0 Å². The summed E-state index contributed by atoms with van der Waals surface area (Å²) in [6.45, 7) is 0. The minimum absolute atomic E-state index is 0.222. The number of carbonyl (C=O) groups is 1. The van der Waals surface area contributed by atoms with E-state index in [2.05, 4.69) is 11.6 Å². The van der Waals surface area contributed by atoms with Gasteiger partial charge in [0.2, 0.25) is 5.75 Å². The van der Waals surface area contributed by atoms with Crippen molar-refractivity contribution in [3.05, 3.63) is 24.3 Å². The molecule has 0 fully saturated rings. The van der Waals surface area contributed by atoms with Gasteiger partial charge in [-0.05, 0) is 35.9 Å². The Morgan fingerprint density at radius 3 is 1.45 bits per heavy atom. The minimum atomic E-state index is 0.222. The molecule has 11 heavy (non-hydrogen) atoms. The smallest absolute Gasteiger partial charge is 0.208 e. The average molecular weight is 173 g/mol. The number of carbonyl (C=O) groups excluding carboxylic acids is 1. The summed E-state index contributed by atoms with van der Waals surface area (Å²) in [7, 11) is 0. The Bertz CT molecular complexity index is 189. The van der Waals surface area contributed by atoms with Crippen LogP contribution in [-0.4, -0.2) is 5.75 Å². The van der Waals surface area contributed by atoms with Crippen LogP contribution in [0.5, 0.6) is 0 Å². The van der Waals surface area contributed by atoms with Crippen LogP contribution in [-0.2, 0) is 4.79 Å². The number of halogens is 1. The van der Waals surface area contributed by atoms with Crippen LogP contribution in [0.3, 0.4) is 0 Å². The van der Waals surface area contributed by atoms with Gasteiger partial charge in [-0.15, -0.1) is 0 Å². The second-order valence-corrected chi connectivity index (χ2v) is 1.93. The van der Waals surface area contributed by atoms with Crippen molar-refractivity contribution in [2.24, 2.45) is 0 Å². The van der Waals surface area contributed by atoms with Crippen molar-refractivity contribution in [1.82, 2.24) is 0 Å². The largest absolute Gasteiger partial charge is 0.399 e. The molecule has 0 aromatic heterocycles. The molecule has 0 spiro atoms. The van der Waals surface area contributed by atoms with Gasteiger partial charge in [0.1, 0.15) is 0 Å². The normalized spacial score (nSPS) is 7.73. The fourth-order valence-corrected chi connectivity index (χ4v) is 0.496. The first-order chi connectivity index (χ1) is 5.20. The van der Waals surface area contributed by atoms with Gasteiger partial charge in [0, 0.05) is 11.4 Å². The van der Waals surface area contributed by atoms with Gasteiger partial charge in [-0.3, -0.25) is 4.79 Å². The lowest BCUT2D eigenvalue weighted by Crippen LogP contribution is -1.86. The van der Waals surface area contributed by atoms with Crippen molar-refractivity contribution < 1.29 is 4.79 Å². The Morgan fingerprint density at radius 1 is 1.09 bits per heavy atom. The third-order valence-corrected chi connectivity index (χ3v) is 0.936. The third-order valence-electron chi connectivity index (χ3n) is 0.936. The molecular weight excluding hydrogens is 164 g/mol. The van der Waals surface area contributed by atoms with Crippen LogP contribution < -0.4 is 11.5 Å². The molecule has 0 saturated heterocycles. The molecule has 0 amide bonds. The summed E-state index contributed by atoms with van der Waals surface area (Å²) in [5.74, 6) is 0.222. The van der Waals surface area contributed by atoms with E-state index in [1.54, 1.807) is 24.3 Å². The lowest BCUT2D eigenvalue weighted by atomic mass is 10.3. The molecular formula is C7H9ClN2O. The molecule has 0 atom stereocenters. The fourth-order valence-electron chi connectivity index (χ4n) is 0.496. The molecule has 4 heteroatoms. The molecule has 0 bridgehead atoms. The highest BCUT2D eigenvalue weighted by atomic mass is 35.5. The summed E-state index contributed by atoms with van der Waals surface area (Å²) in [5.41, 5.74) is 12.2. The predicted octanol–water partition coefficient (Wildman–Crippen LogP) is 1.27. The number of benzene rings is 1. The number of nitrogen functional groups attached to an aromatic ring is 2. The van der Waals surface area contributed by atoms with E-state index < -0.39 is 0 Å². The fraction of sp³-hybridized carbons (Fsp3) is 0. The van der Waals surface area contributed by atoms with E-state index in [0.29, 0.717) is 0 Å². The van der Waals surface area contributed by atoms with Crippen LogP contribution in [0.2, 0.25) is 0 Å². The molecule has 1 aromatic rings. The lowest BCUT2D eigenvalue weighted by Gasteiger charge is -1.90. The SMILES string of the molecule is Nc1ccc(N)cc1.O=CCl. The number of rotatable bonds is 0. The van der Waals surface area contributed by atoms with Crippen molar-refractivity contribution in [3.63, 3.8) is 0 Å². The second kappa shape index (κ2) is 5.56. The zero-order valence-corrected chi connectivity index (χ0v) is 6.58. The second-order valence-electron chi connectivity index (χ2n) is 1.76. The number of anilines is 2. The first-order valence-corrected chi connectivity index (χ1v) is 3.29. The van der Waals surface area contributed by atoms with Gasteiger partial charge < -0.3 is 11.5 Å². The molecule has 0 heterocycles. The predicted molar refractivity (Wildman–Crippen MR) is 47.9 cm³/mol. The molecule has 1 rings (SSSR count). The summed E-state index contributed by atoms with van der Waals surface area (Å²) in [5, 5.41) is 0. The highest BCUT2D eigenvalue weighted by molar-refractivity contribution is 6.54. The van der Waals surface area contributed by atoms with E-state index in [4.69, 9.17) is 16.3 Å². The van der Waals surface area contributed by atoms with Gasteiger partial charge in [-0.25, -0.2) is 0 Å². The molecule has 0 radical (unpaired) electrons. The monoisotopic (exact) mass is 172 g/mol. The topological polar surface area (TPSA) is 69.1 Å².